The average Bonchev–Trinajstić information content (AvgIpc) is 2.21. The summed E-state index contributed by atoms with van der Waals surface area (Å²) in [5, 5.41) is 0. The highest BCUT2D eigenvalue weighted by Gasteiger charge is 1.94. The zero-order chi connectivity index (χ0) is 8.23. The molecule has 0 bridgehead atoms. The predicted molar refractivity (Wildman–Crippen MR) is 44.1 cm³/mol. The van der Waals surface area contributed by atoms with E-state index in [-0.39, 0.29) is 0 Å². The molecule has 12 heavy (non-hydrogen) atoms. The molecular formula is C9H6N3. The number of pyridine rings is 1. The summed E-state index contributed by atoms with van der Waals surface area (Å²) in [5.74, 6) is 0. The summed E-state index contributed by atoms with van der Waals surface area (Å²) in [4.78, 5) is 11.6. The van der Waals surface area contributed by atoms with E-state index in [4.69, 9.17) is 0 Å². The number of hydrogen-bond acceptors (Lipinski definition) is 3. The van der Waals surface area contributed by atoms with Gasteiger partial charge in [-0.3, -0.25) is 4.98 Å². The lowest BCUT2D eigenvalue weighted by atomic mass is 10.1. The molecule has 0 fully saturated rings. The Balaban J connectivity index is 2.46. The van der Waals surface area contributed by atoms with E-state index >= 15 is 0 Å². The fraction of sp³-hybridized carbons (Fsp3) is 0. The minimum Gasteiger partial charge on any atom is -0.255 e. The number of nitrogens with zero attached hydrogens (tertiary/aromatic N) is 3. The highest BCUT2D eigenvalue weighted by Crippen LogP contribution is 2.13. The van der Waals surface area contributed by atoms with E-state index < -0.39 is 0 Å². The van der Waals surface area contributed by atoms with Crippen molar-refractivity contribution in [1.82, 2.24) is 15.0 Å². The highest BCUT2D eigenvalue weighted by atomic mass is 14.8. The topological polar surface area (TPSA) is 38.7 Å². The summed E-state index contributed by atoms with van der Waals surface area (Å²) in [7, 11) is 0. The zero-order valence-corrected chi connectivity index (χ0v) is 6.31. The van der Waals surface area contributed by atoms with Gasteiger partial charge in [-0.2, -0.15) is 0 Å². The largest absolute Gasteiger partial charge is 0.255 e. The van der Waals surface area contributed by atoms with Crippen LogP contribution in [0.1, 0.15) is 0 Å². The molecule has 0 aliphatic carbocycles. The molecule has 0 aliphatic rings. The monoisotopic (exact) mass is 156 g/mol. The maximum atomic E-state index is 3.92. The normalized spacial score (nSPS) is 9.67. The summed E-state index contributed by atoms with van der Waals surface area (Å²) >= 11 is 0. The fourth-order valence-electron chi connectivity index (χ4n) is 0.943. The molecule has 0 unspecified atom stereocenters. The molecule has 2 aromatic heterocycles. The van der Waals surface area contributed by atoms with Gasteiger partial charge in [-0.1, -0.05) is 0 Å². The van der Waals surface area contributed by atoms with Crippen molar-refractivity contribution in [3.63, 3.8) is 0 Å². The first kappa shape index (κ1) is 6.91. The van der Waals surface area contributed by atoms with E-state index in [1.165, 1.54) is 6.33 Å². The van der Waals surface area contributed by atoms with Crippen LogP contribution in [-0.4, -0.2) is 15.0 Å². The number of hydrogen-bond donors (Lipinski definition) is 0. The summed E-state index contributed by atoms with van der Waals surface area (Å²) in [6, 6.07) is 3.70. The van der Waals surface area contributed by atoms with Gasteiger partial charge in [-0.25, -0.2) is 9.97 Å². The zero-order valence-electron chi connectivity index (χ0n) is 6.31. The van der Waals surface area contributed by atoms with Gasteiger partial charge in [0.15, 0.2) is 0 Å². The van der Waals surface area contributed by atoms with Gasteiger partial charge in [0.25, 0.3) is 0 Å². The molecule has 2 rings (SSSR count). The van der Waals surface area contributed by atoms with Crippen molar-refractivity contribution in [3.05, 3.63) is 43.2 Å². The van der Waals surface area contributed by atoms with Crippen LogP contribution in [0.2, 0.25) is 0 Å². The van der Waals surface area contributed by atoms with Crippen molar-refractivity contribution in [2.24, 2.45) is 0 Å². The molecule has 3 nitrogen and oxygen atoms in total. The smallest absolute Gasteiger partial charge is 0.115 e. The third kappa shape index (κ3) is 1.29. The van der Waals surface area contributed by atoms with E-state index in [1.807, 2.05) is 6.07 Å². The van der Waals surface area contributed by atoms with Crippen LogP contribution >= 0.6 is 0 Å². The maximum Gasteiger partial charge on any atom is 0.115 e. The first-order valence-electron chi connectivity index (χ1n) is 3.54. The van der Waals surface area contributed by atoms with E-state index in [2.05, 4.69) is 21.1 Å². The van der Waals surface area contributed by atoms with Gasteiger partial charge in [0.1, 0.15) is 6.33 Å². The van der Waals surface area contributed by atoms with Crippen LogP contribution in [0.5, 0.6) is 0 Å². The van der Waals surface area contributed by atoms with Gasteiger partial charge >= 0.3 is 0 Å². The Morgan fingerprint density at radius 1 is 1.08 bits per heavy atom. The van der Waals surface area contributed by atoms with Gasteiger partial charge in [0.05, 0.1) is 6.20 Å². The van der Waals surface area contributed by atoms with Crippen molar-refractivity contribution in [3.8, 4) is 11.1 Å². The minimum absolute atomic E-state index is 0.983. The summed E-state index contributed by atoms with van der Waals surface area (Å²) in [6.07, 6.45) is 9.48. The molecular weight excluding hydrogens is 150 g/mol. The number of rotatable bonds is 1. The SMILES string of the molecule is [c]1cc(-c2cncnc2)ccn1. The second-order valence-electron chi connectivity index (χ2n) is 2.30. The Labute approximate surface area is 70.1 Å². The Hall–Kier alpha value is -1.77. The molecule has 0 saturated heterocycles. The van der Waals surface area contributed by atoms with Crippen LogP contribution < -0.4 is 0 Å². The Kier molecular flexibility index (Phi) is 1.78. The van der Waals surface area contributed by atoms with E-state index in [0.29, 0.717) is 0 Å². The van der Waals surface area contributed by atoms with E-state index in [9.17, 15) is 0 Å². The fourth-order valence-corrected chi connectivity index (χ4v) is 0.943. The molecule has 0 atom stereocenters. The van der Waals surface area contributed by atoms with E-state index in [1.54, 1.807) is 24.7 Å². The van der Waals surface area contributed by atoms with Crippen LogP contribution in [0.25, 0.3) is 11.1 Å². The van der Waals surface area contributed by atoms with Crippen molar-refractivity contribution >= 4 is 0 Å². The lowest BCUT2D eigenvalue weighted by Gasteiger charge is -1.96. The molecule has 0 aromatic carbocycles. The molecule has 3 heteroatoms. The van der Waals surface area contributed by atoms with Crippen LogP contribution in [0.15, 0.2) is 37.1 Å². The van der Waals surface area contributed by atoms with Crippen molar-refractivity contribution < 1.29 is 0 Å². The summed E-state index contributed by atoms with van der Waals surface area (Å²) in [5.41, 5.74) is 2.02. The molecule has 2 heterocycles. The first-order valence-corrected chi connectivity index (χ1v) is 3.54. The van der Waals surface area contributed by atoms with Gasteiger partial charge in [-0.05, 0) is 17.7 Å². The summed E-state index contributed by atoms with van der Waals surface area (Å²) in [6.45, 7) is 0. The maximum absolute atomic E-state index is 3.92. The van der Waals surface area contributed by atoms with Crippen LogP contribution in [-0.2, 0) is 0 Å². The molecule has 0 N–H and O–H groups in total. The molecule has 0 amide bonds. The lowest BCUT2D eigenvalue weighted by molar-refractivity contribution is 1.17. The number of aromatic nitrogens is 3. The molecule has 2 aromatic rings. The standard InChI is InChI=1S/C9H6N3/c1-3-10-4-2-8(1)9-5-11-7-12-6-9/h1-3,5-7H. The van der Waals surface area contributed by atoms with Crippen molar-refractivity contribution in [2.75, 3.05) is 0 Å². The van der Waals surface area contributed by atoms with Gasteiger partial charge in [-0.15, -0.1) is 0 Å². The van der Waals surface area contributed by atoms with Crippen LogP contribution in [0.3, 0.4) is 0 Å². The second-order valence-corrected chi connectivity index (χ2v) is 2.30. The van der Waals surface area contributed by atoms with Crippen molar-refractivity contribution in [1.29, 1.82) is 0 Å². The Morgan fingerprint density at radius 2 is 1.92 bits per heavy atom. The Morgan fingerprint density at radius 3 is 2.58 bits per heavy atom. The average molecular weight is 156 g/mol. The summed E-state index contributed by atoms with van der Waals surface area (Å²) < 4.78 is 0. The van der Waals surface area contributed by atoms with Gasteiger partial charge in [0.2, 0.25) is 0 Å². The first-order chi connectivity index (χ1) is 5.97. The highest BCUT2D eigenvalue weighted by molar-refractivity contribution is 5.59. The molecule has 0 aliphatic heterocycles. The predicted octanol–water partition coefficient (Wildman–Crippen LogP) is 1.34. The molecule has 57 valence electrons. The minimum atomic E-state index is 0.983. The van der Waals surface area contributed by atoms with Gasteiger partial charge in [0, 0.05) is 24.2 Å². The Bertz CT molecular complexity index is 307. The lowest BCUT2D eigenvalue weighted by Crippen LogP contribution is -1.81. The van der Waals surface area contributed by atoms with E-state index in [0.717, 1.165) is 11.1 Å². The molecule has 0 spiro atoms. The van der Waals surface area contributed by atoms with Crippen molar-refractivity contribution in [2.45, 2.75) is 0 Å². The second kappa shape index (κ2) is 3.09. The molecule has 1 radical (unpaired) electrons. The van der Waals surface area contributed by atoms with Gasteiger partial charge < -0.3 is 0 Å². The quantitative estimate of drug-likeness (QED) is 0.625. The third-order valence-electron chi connectivity index (χ3n) is 1.52. The molecule has 0 saturated carbocycles. The third-order valence-corrected chi connectivity index (χ3v) is 1.52. The van der Waals surface area contributed by atoms with Crippen LogP contribution in [0.4, 0.5) is 0 Å². The van der Waals surface area contributed by atoms with Crippen LogP contribution in [0, 0.1) is 6.20 Å².